The maximum absolute atomic E-state index is 8.46. The van der Waals surface area contributed by atoms with E-state index in [0.29, 0.717) is 19.1 Å². The minimum absolute atomic E-state index is 0.505. The molecule has 2 rings (SSSR count). The molecule has 1 atom stereocenters. The van der Waals surface area contributed by atoms with Crippen LogP contribution in [0.2, 0.25) is 0 Å². The van der Waals surface area contributed by atoms with Gasteiger partial charge >= 0.3 is 0 Å². The van der Waals surface area contributed by atoms with E-state index in [-0.39, 0.29) is 0 Å². The zero-order chi connectivity index (χ0) is 14.9. The van der Waals surface area contributed by atoms with Gasteiger partial charge in [-0.3, -0.25) is 4.98 Å². The quantitative estimate of drug-likeness (QED) is 0.615. The summed E-state index contributed by atoms with van der Waals surface area (Å²) in [5, 5.41) is 8.46. The minimum atomic E-state index is 0.505. The number of nitriles is 1. The molecule has 1 aliphatic rings. The highest BCUT2D eigenvalue weighted by Crippen LogP contribution is 2.17. The Balaban J connectivity index is 1.84. The number of ether oxygens (including phenoxy) is 1. The number of rotatable bonds is 5. The molecule has 1 saturated heterocycles. The van der Waals surface area contributed by atoms with Crippen LogP contribution in [0.3, 0.4) is 0 Å². The molecular formula is C17H21N3O. The summed E-state index contributed by atoms with van der Waals surface area (Å²) in [6.07, 6.45) is 8.04. The zero-order valence-electron chi connectivity index (χ0n) is 12.5. The van der Waals surface area contributed by atoms with Gasteiger partial charge in [-0.2, -0.15) is 5.26 Å². The monoisotopic (exact) mass is 283 g/mol. The van der Waals surface area contributed by atoms with Crippen molar-refractivity contribution in [2.24, 2.45) is 0 Å². The first-order chi connectivity index (χ1) is 10.3. The Morgan fingerprint density at radius 3 is 3.10 bits per heavy atom. The predicted molar refractivity (Wildman–Crippen MR) is 81.7 cm³/mol. The number of likely N-dealkylation sites (N-methyl/N-ethyl adjacent to an activating group) is 1. The number of likely N-dealkylation sites (tertiary alicyclic amines) is 1. The van der Waals surface area contributed by atoms with Crippen molar-refractivity contribution in [3.63, 3.8) is 0 Å². The number of nitrogens with zero attached hydrogens (tertiary/aromatic N) is 3. The van der Waals surface area contributed by atoms with E-state index in [9.17, 15) is 0 Å². The van der Waals surface area contributed by atoms with E-state index in [1.54, 1.807) is 12.4 Å². The van der Waals surface area contributed by atoms with Crippen LogP contribution in [0.5, 0.6) is 5.75 Å². The van der Waals surface area contributed by atoms with Crippen LogP contribution in [0.4, 0.5) is 0 Å². The highest BCUT2D eigenvalue weighted by molar-refractivity contribution is 5.36. The molecule has 2 heterocycles. The number of unbranched alkanes of at least 4 members (excludes halogenated alkanes) is 2. The van der Waals surface area contributed by atoms with Gasteiger partial charge in [-0.1, -0.05) is 11.8 Å². The van der Waals surface area contributed by atoms with Crippen LogP contribution in [0.1, 0.15) is 37.7 Å². The first kappa shape index (κ1) is 15.4. The second kappa shape index (κ2) is 8.29. The summed E-state index contributed by atoms with van der Waals surface area (Å²) in [5.74, 6) is 6.91. The summed E-state index contributed by atoms with van der Waals surface area (Å²) in [4.78, 5) is 6.51. The fourth-order valence-electron chi connectivity index (χ4n) is 2.37. The summed E-state index contributed by atoms with van der Waals surface area (Å²) in [5.41, 5.74) is 0.865. The summed E-state index contributed by atoms with van der Waals surface area (Å²) >= 11 is 0. The van der Waals surface area contributed by atoms with E-state index in [1.807, 2.05) is 6.07 Å². The normalized spacial score (nSPS) is 17.8. The Morgan fingerprint density at radius 2 is 2.33 bits per heavy atom. The van der Waals surface area contributed by atoms with Gasteiger partial charge in [-0.05, 0) is 38.9 Å². The lowest BCUT2D eigenvalue weighted by Gasteiger charge is -2.19. The van der Waals surface area contributed by atoms with Gasteiger partial charge in [-0.25, -0.2) is 0 Å². The van der Waals surface area contributed by atoms with Gasteiger partial charge in [0.2, 0.25) is 0 Å². The van der Waals surface area contributed by atoms with Gasteiger partial charge < -0.3 is 9.64 Å². The van der Waals surface area contributed by atoms with Gasteiger partial charge in [-0.15, -0.1) is 0 Å². The largest absolute Gasteiger partial charge is 0.490 e. The first-order valence-electron chi connectivity index (χ1n) is 7.43. The molecule has 4 nitrogen and oxygen atoms in total. The highest BCUT2D eigenvalue weighted by atomic mass is 16.5. The third-order valence-corrected chi connectivity index (χ3v) is 3.65. The van der Waals surface area contributed by atoms with E-state index in [1.165, 1.54) is 12.8 Å². The lowest BCUT2D eigenvalue weighted by atomic mass is 10.2. The average molecular weight is 283 g/mol. The van der Waals surface area contributed by atoms with Gasteiger partial charge in [0.1, 0.15) is 12.4 Å². The SMILES string of the molecule is CN1CCC[C@H]1COc1cncc(C#CCCCC#N)c1. The molecule has 1 fully saturated rings. The van der Waals surface area contributed by atoms with E-state index in [2.05, 4.69) is 34.8 Å². The Hall–Kier alpha value is -2.04. The molecule has 1 aromatic rings. The molecule has 0 spiro atoms. The van der Waals surface area contributed by atoms with E-state index >= 15 is 0 Å². The standard InChI is InChI=1S/C17H21N3O/c1-20-10-6-8-16(20)14-21-17-11-15(12-19-13-17)7-4-2-3-5-9-18/h11-13,16H,2-3,5-6,8,10,14H2,1H3/t16-/m0/s1. The molecule has 0 amide bonds. The highest BCUT2D eigenvalue weighted by Gasteiger charge is 2.21. The van der Waals surface area contributed by atoms with Crippen LogP contribution < -0.4 is 4.74 Å². The van der Waals surface area contributed by atoms with Crippen molar-refractivity contribution >= 4 is 0 Å². The topological polar surface area (TPSA) is 49.1 Å². The van der Waals surface area contributed by atoms with Crippen LogP contribution in [-0.4, -0.2) is 36.1 Å². The second-order valence-electron chi connectivity index (χ2n) is 5.31. The van der Waals surface area contributed by atoms with Crippen LogP contribution in [0.15, 0.2) is 18.5 Å². The van der Waals surface area contributed by atoms with Crippen molar-refractivity contribution in [3.8, 4) is 23.7 Å². The molecule has 0 saturated carbocycles. The first-order valence-corrected chi connectivity index (χ1v) is 7.43. The third kappa shape index (κ3) is 5.10. The van der Waals surface area contributed by atoms with Crippen molar-refractivity contribution < 1.29 is 4.74 Å². The number of hydrogen-bond acceptors (Lipinski definition) is 4. The Bertz CT molecular complexity index is 553. The fraction of sp³-hybridized carbons (Fsp3) is 0.529. The Morgan fingerprint density at radius 1 is 1.43 bits per heavy atom. The van der Waals surface area contributed by atoms with Crippen LogP contribution >= 0.6 is 0 Å². The third-order valence-electron chi connectivity index (χ3n) is 3.65. The second-order valence-corrected chi connectivity index (χ2v) is 5.31. The molecule has 1 aromatic heterocycles. The van der Waals surface area contributed by atoms with E-state index in [0.717, 1.165) is 30.7 Å². The number of hydrogen-bond donors (Lipinski definition) is 0. The van der Waals surface area contributed by atoms with Crippen molar-refractivity contribution in [2.75, 3.05) is 20.2 Å². The molecule has 0 aromatic carbocycles. The Kier molecular flexibility index (Phi) is 6.06. The van der Waals surface area contributed by atoms with Gasteiger partial charge in [0, 0.05) is 30.6 Å². The van der Waals surface area contributed by atoms with Crippen LogP contribution in [0, 0.1) is 23.2 Å². The molecule has 4 heteroatoms. The Labute approximate surface area is 126 Å². The molecule has 0 aliphatic carbocycles. The van der Waals surface area contributed by atoms with E-state index < -0.39 is 0 Å². The van der Waals surface area contributed by atoms with Crippen LogP contribution in [-0.2, 0) is 0 Å². The molecule has 1 aliphatic heterocycles. The van der Waals surface area contributed by atoms with Gasteiger partial charge in [0.05, 0.1) is 12.3 Å². The number of aromatic nitrogens is 1. The molecule has 0 unspecified atom stereocenters. The summed E-state index contributed by atoms with van der Waals surface area (Å²) in [6, 6.07) is 4.55. The minimum Gasteiger partial charge on any atom is -0.490 e. The maximum Gasteiger partial charge on any atom is 0.138 e. The summed E-state index contributed by atoms with van der Waals surface area (Å²) in [7, 11) is 2.14. The van der Waals surface area contributed by atoms with Crippen molar-refractivity contribution in [1.82, 2.24) is 9.88 Å². The molecular weight excluding hydrogens is 262 g/mol. The summed E-state index contributed by atoms with van der Waals surface area (Å²) < 4.78 is 5.83. The molecule has 0 radical (unpaired) electrons. The molecule has 110 valence electrons. The summed E-state index contributed by atoms with van der Waals surface area (Å²) in [6.45, 7) is 1.86. The van der Waals surface area contributed by atoms with Crippen molar-refractivity contribution in [3.05, 3.63) is 24.0 Å². The number of pyridine rings is 1. The molecule has 0 bridgehead atoms. The van der Waals surface area contributed by atoms with Crippen molar-refractivity contribution in [1.29, 1.82) is 5.26 Å². The predicted octanol–water partition coefficient (Wildman–Crippen LogP) is 2.60. The lowest BCUT2D eigenvalue weighted by molar-refractivity contribution is 0.198. The van der Waals surface area contributed by atoms with Gasteiger partial charge in [0.15, 0.2) is 0 Å². The van der Waals surface area contributed by atoms with E-state index in [4.69, 9.17) is 10.00 Å². The smallest absolute Gasteiger partial charge is 0.138 e. The molecule has 0 N–H and O–H groups in total. The average Bonchev–Trinajstić information content (AvgIpc) is 2.91. The lowest BCUT2D eigenvalue weighted by Crippen LogP contribution is -2.30. The van der Waals surface area contributed by atoms with Gasteiger partial charge in [0.25, 0.3) is 0 Å². The van der Waals surface area contributed by atoms with Crippen molar-refractivity contribution in [2.45, 2.75) is 38.1 Å². The zero-order valence-corrected chi connectivity index (χ0v) is 12.5. The fourth-order valence-corrected chi connectivity index (χ4v) is 2.37. The van der Waals surface area contributed by atoms with Crippen LogP contribution in [0.25, 0.3) is 0 Å². The maximum atomic E-state index is 8.46. The molecule has 21 heavy (non-hydrogen) atoms.